The third-order valence-electron chi connectivity index (χ3n) is 2.16. The van der Waals surface area contributed by atoms with Crippen molar-refractivity contribution in [1.29, 1.82) is 0 Å². The minimum Gasteiger partial charge on any atom is -0.268 e. The molecule has 0 amide bonds. The molecule has 0 aliphatic carbocycles. The second-order valence-corrected chi connectivity index (χ2v) is 3.91. The summed E-state index contributed by atoms with van der Waals surface area (Å²) < 4.78 is 1.68. The second kappa shape index (κ2) is 3.80. The fourth-order valence-electron chi connectivity index (χ4n) is 1.32. The number of rotatable bonds is 2. The Morgan fingerprint density at radius 2 is 1.93 bits per heavy atom. The van der Waals surface area contributed by atoms with Crippen molar-refractivity contribution in [1.82, 2.24) is 3.96 Å². The van der Waals surface area contributed by atoms with Gasteiger partial charge in [0, 0.05) is 11.4 Å². The van der Waals surface area contributed by atoms with E-state index in [-0.39, 0.29) is 5.56 Å². The molecule has 0 aliphatic rings. The van der Waals surface area contributed by atoms with Crippen molar-refractivity contribution in [3.8, 4) is 5.69 Å². The third kappa shape index (κ3) is 1.63. The van der Waals surface area contributed by atoms with Crippen molar-refractivity contribution >= 4 is 11.5 Å². The highest BCUT2D eigenvalue weighted by atomic mass is 32.1. The molecule has 2 nitrogen and oxygen atoms in total. The summed E-state index contributed by atoms with van der Waals surface area (Å²) in [7, 11) is 0. The van der Waals surface area contributed by atoms with Crippen LogP contribution in [-0.4, -0.2) is 3.96 Å². The van der Waals surface area contributed by atoms with Gasteiger partial charge in [0.15, 0.2) is 0 Å². The van der Waals surface area contributed by atoms with Gasteiger partial charge in [-0.3, -0.25) is 4.79 Å². The number of hydrogen-bond acceptors (Lipinski definition) is 2. The van der Waals surface area contributed by atoms with Crippen molar-refractivity contribution in [3.05, 3.63) is 51.6 Å². The monoisotopic (exact) mass is 205 g/mol. The number of aromatic nitrogens is 1. The van der Waals surface area contributed by atoms with Crippen LogP contribution < -0.4 is 5.56 Å². The Morgan fingerprint density at radius 3 is 2.43 bits per heavy atom. The second-order valence-electron chi connectivity index (χ2n) is 3.06. The first kappa shape index (κ1) is 9.21. The number of aryl methyl sites for hydroxylation is 1. The lowest BCUT2D eigenvalue weighted by atomic mass is 10.1. The molecule has 3 heteroatoms. The van der Waals surface area contributed by atoms with E-state index in [9.17, 15) is 4.79 Å². The highest BCUT2D eigenvalue weighted by molar-refractivity contribution is 7.04. The Hall–Kier alpha value is -1.35. The van der Waals surface area contributed by atoms with Gasteiger partial charge >= 0.3 is 0 Å². The largest absolute Gasteiger partial charge is 0.268 e. The molecule has 0 aliphatic heterocycles. The first-order chi connectivity index (χ1) is 6.81. The van der Waals surface area contributed by atoms with E-state index in [1.165, 1.54) is 17.1 Å². The first-order valence-corrected chi connectivity index (χ1v) is 5.41. The fraction of sp³-hybridized carbons (Fsp3) is 0.182. The van der Waals surface area contributed by atoms with Gasteiger partial charge in [-0.2, -0.15) is 0 Å². The normalized spacial score (nSPS) is 10.4. The lowest BCUT2D eigenvalue weighted by Gasteiger charge is -2.01. The van der Waals surface area contributed by atoms with Crippen LogP contribution in [0.4, 0.5) is 0 Å². The highest BCUT2D eigenvalue weighted by Crippen LogP contribution is 2.10. The Kier molecular flexibility index (Phi) is 2.50. The Balaban J connectivity index is 2.44. The van der Waals surface area contributed by atoms with Crippen molar-refractivity contribution in [2.45, 2.75) is 13.3 Å². The quantitative estimate of drug-likeness (QED) is 0.738. The van der Waals surface area contributed by atoms with Crippen LogP contribution in [-0.2, 0) is 6.42 Å². The van der Waals surface area contributed by atoms with E-state index in [2.05, 4.69) is 19.1 Å². The van der Waals surface area contributed by atoms with Crippen LogP contribution >= 0.6 is 11.5 Å². The van der Waals surface area contributed by atoms with Crippen molar-refractivity contribution < 1.29 is 0 Å². The van der Waals surface area contributed by atoms with Gasteiger partial charge < -0.3 is 0 Å². The van der Waals surface area contributed by atoms with Gasteiger partial charge in [-0.25, -0.2) is 3.96 Å². The first-order valence-electron chi connectivity index (χ1n) is 4.57. The molecule has 0 atom stereocenters. The summed E-state index contributed by atoms with van der Waals surface area (Å²) >= 11 is 1.42. The fourth-order valence-corrected chi connectivity index (χ4v) is 2.03. The summed E-state index contributed by atoms with van der Waals surface area (Å²) in [6, 6.07) is 9.66. The molecular weight excluding hydrogens is 194 g/mol. The van der Waals surface area contributed by atoms with Crippen LogP contribution in [0.25, 0.3) is 5.69 Å². The average Bonchev–Trinajstić information content (AvgIpc) is 2.65. The zero-order valence-electron chi connectivity index (χ0n) is 7.93. The maximum Gasteiger partial charge on any atom is 0.265 e. The van der Waals surface area contributed by atoms with E-state index in [4.69, 9.17) is 0 Å². The molecule has 0 fully saturated rings. The van der Waals surface area contributed by atoms with Gasteiger partial charge in [0.05, 0.1) is 5.69 Å². The highest BCUT2D eigenvalue weighted by Gasteiger charge is 1.99. The molecule has 2 rings (SSSR count). The topological polar surface area (TPSA) is 22.0 Å². The molecule has 14 heavy (non-hydrogen) atoms. The average molecular weight is 205 g/mol. The molecule has 1 aromatic carbocycles. The lowest BCUT2D eigenvalue weighted by molar-refractivity contribution is 1.10. The van der Waals surface area contributed by atoms with E-state index in [1.807, 2.05) is 12.1 Å². The Morgan fingerprint density at radius 1 is 1.21 bits per heavy atom. The number of benzene rings is 1. The van der Waals surface area contributed by atoms with E-state index in [0.717, 1.165) is 12.1 Å². The van der Waals surface area contributed by atoms with Crippen LogP contribution in [0.5, 0.6) is 0 Å². The molecule has 1 heterocycles. The zero-order valence-corrected chi connectivity index (χ0v) is 8.75. The van der Waals surface area contributed by atoms with Crippen molar-refractivity contribution in [3.63, 3.8) is 0 Å². The van der Waals surface area contributed by atoms with Gasteiger partial charge in [0.2, 0.25) is 0 Å². The molecular formula is C11H11NOS. The van der Waals surface area contributed by atoms with Crippen molar-refractivity contribution in [2.24, 2.45) is 0 Å². The molecule has 0 radical (unpaired) electrons. The summed E-state index contributed by atoms with van der Waals surface area (Å²) in [5.41, 5.74) is 2.28. The summed E-state index contributed by atoms with van der Waals surface area (Å²) in [6.45, 7) is 2.12. The van der Waals surface area contributed by atoms with Crippen LogP contribution in [0.15, 0.2) is 40.5 Å². The maximum absolute atomic E-state index is 11.3. The Bertz CT molecular complexity index is 467. The summed E-state index contributed by atoms with van der Waals surface area (Å²) in [5, 5.41) is 1.80. The smallest absolute Gasteiger partial charge is 0.265 e. The molecule has 1 aromatic heterocycles. The van der Waals surface area contributed by atoms with Gasteiger partial charge in [-0.05, 0) is 24.1 Å². The number of hydrogen-bond donors (Lipinski definition) is 0. The molecule has 0 bridgehead atoms. The minimum absolute atomic E-state index is 0.0410. The van der Waals surface area contributed by atoms with Crippen LogP contribution in [0, 0.1) is 0 Å². The van der Waals surface area contributed by atoms with Crippen molar-refractivity contribution in [2.75, 3.05) is 0 Å². The standard InChI is InChI=1S/C11H11NOS/c1-2-9-3-5-10(6-4-9)12-11(13)7-8-14-12/h3-8H,2H2,1H3. The summed E-state index contributed by atoms with van der Waals surface area (Å²) in [4.78, 5) is 11.3. The van der Waals surface area contributed by atoms with Gasteiger partial charge in [-0.1, -0.05) is 30.6 Å². The third-order valence-corrected chi connectivity index (χ3v) is 3.02. The summed E-state index contributed by atoms with van der Waals surface area (Å²) in [5.74, 6) is 0. The van der Waals surface area contributed by atoms with Crippen LogP contribution in [0.1, 0.15) is 12.5 Å². The molecule has 0 N–H and O–H groups in total. The molecule has 0 unspecified atom stereocenters. The van der Waals surface area contributed by atoms with Gasteiger partial charge in [0.25, 0.3) is 5.56 Å². The SMILES string of the molecule is CCc1ccc(-n2sccc2=O)cc1. The Labute approximate surface area is 86.6 Å². The van der Waals surface area contributed by atoms with E-state index in [1.54, 1.807) is 15.4 Å². The molecule has 0 spiro atoms. The zero-order chi connectivity index (χ0) is 9.97. The number of nitrogens with zero attached hydrogens (tertiary/aromatic N) is 1. The van der Waals surface area contributed by atoms with Gasteiger partial charge in [0.1, 0.15) is 0 Å². The van der Waals surface area contributed by atoms with Crippen LogP contribution in [0.2, 0.25) is 0 Å². The minimum atomic E-state index is 0.0410. The lowest BCUT2D eigenvalue weighted by Crippen LogP contribution is -2.09. The molecule has 72 valence electrons. The predicted octanol–water partition coefficient (Wildman–Crippen LogP) is 2.46. The van der Waals surface area contributed by atoms with E-state index < -0.39 is 0 Å². The van der Waals surface area contributed by atoms with Crippen LogP contribution in [0.3, 0.4) is 0 Å². The molecule has 0 saturated carbocycles. The molecule has 2 aromatic rings. The molecule has 0 saturated heterocycles. The van der Waals surface area contributed by atoms with E-state index in [0.29, 0.717) is 0 Å². The van der Waals surface area contributed by atoms with Gasteiger partial charge in [-0.15, -0.1) is 0 Å². The van der Waals surface area contributed by atoms with E-state index >= 15 is 0 Å². The predicted molar refractivity (Wildman–Crippen MR) is 59.3 cm³/mol. The summed E-state index contributed by atoms with van der Waals surface area (Å²) in [6.07, 6.45) is 1.03. The maximum atomic E-state index is 11.3.